The van der Waals surface area contributed by atoms with Gasteiger partial charge in [0.05, 0.1) is 0 Å². The highest BCUT2D eigenvalue weighted by molar-refractivity contribution is 6.59. The van der Waals surface area contributed by atoms with Crippen molar-refractivity contribution < 1.29 is 12.9 Å². The van der Waals surface area contributed by atoms with E-state index in [0.29, 0.717) is 5.69 Å². The van der Waals surface area contributed by atoms with E-state index in [1.165, 1.54) is 11.9 Å². The van der Waals surface area contributed by atoms with Crippen LogP contribution in [0.3, 0.4) is 0 Å². The summed E-state index contributed by atoms with van der Waals surface area (Å²) in [4.78, 5) is 1.19. The summed E-state index contributed by atoms with van der Waals surface area (Å²) in [5, 5.41) is 0. The Labute approximate surface area is 75.2 Å². The van der Waals surface area contributed by atoms with E-state index in [1.54, 1.807) is 30.3 Å². The highest BCUT2D eigenvalue weighted by Crippen LogP contribution is 2.16. The van der Waals surface area contributed by atoms with Crippen molar-refractivity contribution in [2.24, 2.45) is 0 Å². The van der Waals surface area contributed by atoms with Gasteiger partial charge < -0.3 is 17.8 Å². The zero-order chi connectivity index (χ0) is 9.90. The summed E-state index contributed by atoms with van der Waals surface area (Å²) in [5.41, 5.74) is 0.585. The molecule has 13 heavy (non-hydrogen) atoms. The van der Waals surface area contributed by atoms with Gasteiger partial charge in [0, 0.05) is 12.7 Å². The lowest BCUT2D eigenvalue weighted by Gasteiger charge is -2.25. The first-order chi connectivity index (χ1) is 5.99. The number of hydrogen-bond acceptors (Lipinski definition) is 1. The van der Waals surface area contributed by atoms with Crippen molar-refractivity contribution >= 4 is 12.7 Å². The van der Waals surface area contributed by atoms with Gasteiger partial charge in [0.1, 0.15) is 0 Å². The molecule has 0 saturated carbocycles. The Balaban J connectivity index is 2.64. The number of anilines is 1. The monoisotopic (exact) mass is 188 g/mol. The molecule has 0 atom stereocenters. The first-order valence-electron chi connectivity index (χ1n) is 3.96. The number of benzene rings is 1. The lowest BCUT2D eigenvalue weighted by Crippen LogP contribution is -2.35. The summed E-state index contributed by atoms with van der Waals surface area (Å²) in [7, 11) is 1.44. The Morgan fingerprint density at radius 1 is 1.15 bits per heavy atom. The van der Waals surface area contributed by atoms with E-state index in [2.05, 4.69) is 0 Å². The zero-order valence-corrected chi connectivity index (χ0v) is 7.25. The van der Waals surface area contributed by atoms with E-state index in [4.69, 9.17) is 0 Å². The van der Waals surface area contributed by atoms with Crippen LogP contribution in [0.4, 0.5) is 18.6 Å². The minimum Gasteiger partial charge on any atom is -0.448 e. The smallest absolute Gasteiger partial charge is 0.448 e. The van der Waals surface area contributed by atoms with Gasteiger partial charge in [0.2, 0.25) is 0 Å². The minimum atomic E-state index is -4.75. The SMILES string of the molecule is CN(C[B-](F)(F)F)c1ccccc1. The van der Waals surface area contributed by atoms with Crippen LogP contribution in [0, 0.1) is 0 Å². The van der Waals surface area contributed by atoms with Crippen LogP contribution in [0.1, 0.15) is 0 Å². The van der Waals surface area contributed by atoms with Crippen LogP contribution < -0.4 is 4.90 Å². The Morgan fingerprint density at radius 3 is 2.15 bits per heavy atom. The first kappa shape index (κ1) is 9.96. The third kappa shape index (κ3) is 3.40. The van der Waals surface area contributed by atoms with Crippen LogP contribution in [0.25, 0.3) is 0 Å². The van der Waals surface area contributed by atoms with Crippen molar-refractivity contribution in [3.63, 3.8) is 0 Å². The van der Waals surface area contributed by atoms with Gasteiger partial charge in [-0.3, -0.25) is 0 Å². The fraction of sp³-hybridized carbons (Fsp3) is 0.250. The summed E-state index contributed by atoms with van der Waals surface area (Å²) in [6.07, 6.45) is -0.857. The Kier molecular flexibility index (Phi) is 2.85. The van der Waals surface area contributed by atoms with E-state index < -0.39 is 13.4 Å². The van der Waals surface area contributed by atoms with E-state index in [1.807, 2.05) is 0 Å². The molecule has 0 saturated heterocycles. The molecule has 0 aliphatic heterocycles. The summed E-state index contributed by atoms with van der Waals surface area (Å²) in [5.74, 6) is 0. The van der Waals surface area contributed by atoms with Gasteiger partial charge in [-0.05, 0) is 18.6 Å². The second-order valence-electron chi connectivity index (χ2n) is 2.93. The molecule has 0 aliphatic rings. The maximum absolute atomic E-state index is 12.0. The molecule has 1 rings (SSSR count). The molecule has 0 aliphatic carbocycles. The van der Waals surface area contributed by atoms with Crippen molar-refractivity contribution in [2.45, 2.75) is 0 Å². The number of hydrogen-bond donors (Lipinski definition) is 0. The van der Waals surface area contributed by atoms with Crippen molar-refractivity contribution in [3.8, 4) is 0 Å². The fourth-order valence-corrected chi connectivity index (χ4v) is 1.10. The standard InChI is InChI=1S/C8H10BF3N/c1-13(7-9(10,11)12)8-5-3-2-4-6-8/h2-6H,7H2,1H3/q-1. The largest absolute Gasteiger partial charge is 0.497 e. The van der Waals surface area contributed by atoms with Crippen LogP contribution in [0.5, 0.6) is 0 Å². The van der Waals surface area contributed by atoms with E-state index in [9.17, 15) is 12.9 Å². The van der Waals surface area contributed by atoms with E-state index in [0.717, 1.165) is 0 Å². The Morgan fingerprint density at radius 2 is 1.69 bits per heavy atom. The fourth-order valence-electron chi connectivity index (χ4n) is 1.10. The average molecular weight is 188 g/mol. The summed E-state index contributed by atoms with van der Waals surface area (Å²) in [6, 6.07) is 8.52. The quantitative estimate of drug-likeness (QED) is 0.658. The van der Waals surface area contributed by atoms with Gasteiger partial charge in [-0.25, -0.2) is 0 Å². The molecule has 0 unspecified atom stereocenters. The second kappa shape index (κ2) is 3.72. The minimum absolute atomic E-state index is 0.585. The van der Waals surface area contributed by atoms with Crippen LogP contribution in [0.15, 0.2) is 30.3 Å². The first-order valence-corrected chi connectivity index (χ1v) is 3.96. The van der Waals surface area contributed by atoms with Crippen molar-refractivity contribution in [3.05, 3.63) is 30.3 Å². The normalized spacial score (nSPS) is 11.4. The van der Waals surface area contributed by atoms with Crippen LogP contribution in [-0.2, 0) is 0 Å². The van der Waals surface area contributed by atoms with Crippen LogP contribution in [0.2, 0.25) is 0 Å². The molecule has 0 aromatic heterocycles. The second-order valence-corrected chi connectivity index (χ2v) is 2.93. The van der Waals surface area contributed by atoms with Gasteiger partial charge in [-0.2, -0.15) is 0 Å². The molecule has 0 bridgehead atoms. The van der Waals surface area contributed by atoms with Crippen molar-refractivity contribution in [1.82, 2.24) is 0 Å². The molecule has 0 radical (unpaired) electrons. The molecular weight excluding hydrogens is 178 g/mol. The van der Waals surface area contributed by atoms with Gasteiger partial charge in [-0.1, -0.05) is 18.2 Å². The lowest BCUT2D eigenvalue weighted by molar-refractivity contribution is 0.470. The Hall–Kier alpha value is -1.13. The molecule has 0 amide bonds. The average Bonchev–Trinajstić information content (AvgIpc) is 2.03. The molecule has 5 heteroatoms. The maximum atomic E-state index is 12.0. The number of halogens is 3. The molecule has 0 heterocycles. The number of para-hydroxylation sites is 1. The van der Waals surface area contributed by atoms with Crippen LogP contribution in [-0.4, -0.2) is 20.5 Å². The van der Waals surface area contributed by atoms with Crippen molar-refractivity contribution in [2.75, 3.05) is 18.4 Å². The summed E-state index contributed by atoms with van der Waals surface area (Å²) < 4.78 is 36.0. The van der Waals surface area contributed by atoms with Gasteiger partial charge >= 0.3 is 6.98 Å². The molecule has 0 spiro atoms. The van der Waals surface area contributed by atoms with Gasteiger partial charge in [0.15, 0.2) is 0 Å². The van der Waals surface area contributed by atoms with E-state index >= 15 is 0 Å². The molecule has 0 N–H and O–H groups in total. The maximum Gasteiger partial charge on any atom is 0.497 e. The molecule has 1 aromatic carbocycles. The van der Waals surface area contributed by atoms with Crippen LogP contribution >= 0.6 is 0 Å². The van der Waals surface area contributed by atoms with Gasteiger partial charge in [-0.15, -0.1) is 0 Å². The third-order valence-corrected chi connectivity index (χ3v) is 1.68. The molecule has 1 nitrogen and oxygen atoms in total. The predicted molar refractivity (Wildman–Crippen MR) is 48.8 cm³/mol. The molecule has 1 aromatic rings. The molecular formula is C8H10BF3N-. The van der Waals surface area contributed by atoms with E-state index in [-0.39, 0.29) is 0 Å². The summed E-state index contributed by atoms with van der Waals surface area (Å²) >= 11 is 0. The highest BCUT2D eigenvalue weighted by atomic mass is 19.4. The highest BCUT2D eigenvalue weighted by Gasteiger charge is 2.24. The predicted octanol–water partition coefficient (Wildman–Crippen LogP) is 2.51. The number of nitrogens with zero attached hydrogens (tertiary/aromatic N) is 1. The zero-order valence-electron chi connectivity index (χ0n) is 7.25. The molecule has 72 valence electrons. The Bertz CT molecular complexity index is 260. The lowest BCUT2D eigenvalue weighted by atomic mass is 9.91. The molecule has 0 fully saturated rings. The summed E-state index contributed by atoms with van der Waals surface area (Å²) in [6.45, 7) is -4.75. The van der Waals surface area contributed by atoms with Gasteiger partial charge in [0.25, 0.3) is 0 Å². The topological polar surface area (TPSA) is 3.24 Å². The number of rotatable bonds is 3. The third-order valence-electron chi connectivity index (χ3n) is 1.68. The van der Waals surface area contributed by atoms with Crippen molar-refractivity contribution in [1.29, 1.82) is 0 Å².